The van der Waals surface area contributed by atoms with Crippen LogP contribution in [0.3, 0.4) is 0 Å². The Morgan fingerprint density at radius 3 is 2.57 bits per heavy atom. The van der Waals surface area contributed by atoms with Crippen molar-refractivity contribution in [3.63, 3.8) is 0 Å². The zero-order valence-corrected chi connectivity index (χ0v) is 14.2. The van der Waals surface area contributed by atoms with Crippen molar-refractivity contribution in [2.75, 3.05) is 11.9 Å². The molecule has 0 bridgehead atoms. The first-order valence-electron chi connectivity index (χ1n) is 7.58. The molecule has 0 saturated carbocycles. The molecule has 1 aromatic heterocycles. The number of rotatable bonds is 9. The Morgan fingerprint density at radius 2 is 1.95 bits per heavy atom. The largest absolute Gasteiger partial charge is 0.369 e. The van der Waals surface area contributed by atoms with Crippen molar-refractivity contribution in [1.82, 2.24) is 9.71 Å². The van der Waals surface area contributed by atoms with E-state index in [9.17, 15) is 8.42 Å². The van der Waals surface area contributed by atoms with E-state index >= 15 is 0 Å². The highest BCUT2D eigenvalue weighted by molar-refractivity contribution is 7.89. The second kappa shape index (κ2) is 8.34. The maximum Gasteiger partial charge on any atom is 0.244 e. The van der Waals surface area contributed by atoms with Crippen LogP contribution in [-0.2, 0) is 10.0 Å². The minimum Gasteiger partial charge on any atom is -0.369 e. The highest BCUT2D eigenvalue weighted by Crippen LogP contribution is 2.18. The standard InChI is InChI=1S/C15H27N3O2S/c1-5-16-15-14(10-7-11-17-15)21(19,20)18-13(4)9-6-8-12(2)3/h7,10-13,18H,5-6,8-9H2,1-4H3,(H,16,17). The fourth-order valence-electron chi connectivity index (χ4n) is 2.13. The summed E-state index contributed by atoms with van der Waals surface area (Å²) in [5, 5.41) is 2.98. The molecule has 1 heterocycles. The molecule has 120 valence electrons. The zero-order valence-electron chi connectivity index (χ0n) is 13.4. The van der Waals surface area contributed by atoms with Gasteiger partial charge in [-0.05, 0) is 38.3 Å². The number of pyridine rings is 1. The van der Waals surface area contributed by atoms with Crippen LogP contribution in [0.4, 0.5) is 5.82 Å². The second-order valence-corrected chi connectivity index (χ2v) is 7.41. The van der Waals surface area contributed by atoms with Crippen LogP contribution in [0.15, 0.2) is 23.2 Å². The number of sulfonamides is 1. The topological polar surface area (TPSA) is 71.1 Å². The maximum absolute atomic E-state index is 12.4. The van der Waals surface area contributed by atoms with Gasteiger partial charge in [0.15, 0.2) is 0 Å². The first-order valence-corrected chi connectivity index (χ1v) is 9.06. The summed E-state index contributed by atoms with van der Waals surface area (Å²) >= 11 is 0. The third kappa shape index (κ3) is 6.01. The SMILES string of the molecule is CCNc1ncccc1S(=O)(=O)NC(C)CCCC(C)C. The van der Waals surface area contributed by atoms with Crippen molar-refractivity contribution in [2.24, 2.45) is 5.92 Å². The second-order valence-electron chi connectivity index (χ2n) is 5.73. The lowest BCUT2D eigenvalue weighted by Gasteiger charge is -2.16. The third-order valence-electron chi connectivity index (χ3n) is 3.18. The summed E-state index contributed by atoms with van der Waals surface area (Å²) in [7, 11) is -3.54. The van der Waals surface area contributed by atoms with Crippen molar-refractivity contribution in [1.29, 1.82) is 0 Å². The first-order chi connectivity index (χ1) is 9.86. The van der Waals surface area contributed by atoms with Crippen LogP contribution in [0.25, 0.3) is 0 Å². The van der Waals surface area contributed by atoms with Crippen molar-refractivity contribution in [3.8, 4) is 0 Å². The van der Waals surface area contributed by atoms with E-state index in [1.165, 1.54) is 0 Å². The number of anilines is 1. The van der Waals surface area contributed by atoms with Crippen LogP contribution in [-0.4, -0.2) is 26.0 Å². The summed E-state index contributed by atoms with van der Waals surface area (Å²) in [6.07, 6.45) is 4.56. The van der Waals surface area contributed by atoms with Crippen LogP contribution in [0.1, 0.15) is 47.0 Å². The van der Waals surface area contributed by atoms with Gasteiger partial charge in [0.1, 0.15) is 10.7 Å². The lowest BCUT2D eigenvalue weighted by molar-refractivity contribution is 0.488. The van der Waals surface area contributed by atoms with E-state index in [1.54, 1.807) is 18.3 Å². The van der Waals surface area contributed by atoms with Gasteiger partial charge in [-0.25, -0.2) is 18.1 Å². The Bertz CT molecular complexity index is 529. The van der Waals surface area contributed by atoms with E-state index in [-0.39, 0.29) is 10.9 Å². The van der Waals surface area contributed by atoms with E-state index in [0.717, 1.165) is 19.3 Å². The van der Waals surface area contributed by atoms with Crippen LogP contribution in [0, 0.1) is 5.92 Å². The minimum atomic E-state index is -3.54. The van der Waals surface area contributed by atoms with Gasteiger partial charge < -0.3 is 5.32 Å². The summed E-state index contributed by atoms with van der Waals surface area (Å²) in [6.45, 7) is 8.79. The lowest BCUT2D eigenvalue weighted by atomic mass is 10.0. The van der Waals surface area contributed by atoms with E-state index in [0.29, 0.717) is 18.3 Å². The summed E-state index contributed by atoms with van der Waals surface area (Å²) in [5.74, 6) is 1.05. The molecule has 6 heteroatoms. The van der Waals surface area contributed by atoms with Gasteiger partial charge in [0.2, 0.25) is 10.0 Å². The summed E-state index contributed by atoms with van der Waals surface area (Å²) in [5.41, 5.74) is 0. The lowest BCUT2D eigenvalue weighted by Crippen LogP contribution is -2.33. The molecule has 1 unspecified atom stereocenters. The maximum atomic E-state index is 12.4. The average Bonchev–Trinajstić information content (AvgIpc) is 2.38. The fourth-order valence-corrected chi connectivity index (χ4v) is 3.54. The van der Waals surface area contributed by atoms with Crippen LogP contribution in [0.2, 0.25) is 0 Å². The monoisotopic (exact) mass is 313 g/mol. The molecule has 5 nitrogen and oxygen atoms in total. The molecule has 0 aromatic carbocycles. The Hall–Kier alpha value is -1.14. The number of hydrogen-bond donors (Lipinski definition) is 2. The van der Waals surface area contributed by atoms with E-state index in [2.05, 4.69) is 28.9 Å². The molecule has 0 aliphatic rings. The molecular formula is C15H27N3O2S. The normalized spacial score (nSPS) is 13.4. The molecule has 1 atom stereocenters. The number of aromatic nitrogens is 1. The smallest absolute Gasteiger partial charge is 0.244 e. The van der Waals surface area contributed by atoms with Gasteiger partial charge in [-0.1, -0.05) is 26.7 Å². The number of nitrogens with one attached hydrogen (secondary N) is 2. The van der Waals surface area contributed by atoms with Crippen molar-refractivity contribution >= 4 is 15.8 Å². The first kappa shape index (κ1) is 17.9. The van der Waals surface area contributed by atoms with Gasteiger partial charge in [0, 0.05) is 18.8 Å². The highest BCUT2D eigenvalue weighted by Gasteiger charge is 2.21. The summed E-state index contributed by atoms with van der Waals surface area (Å²) < 4.78 is 27.6. The van der Waals surface area contributed by atoms with Crippen molar-refractivity contribution < 1.29 is 8.42 Å². The fraction of sp³-hybridized carbons (Fsp3) is 0.667. The molecular weight excluding hydrogens is 286 g/mol. The van der Waals surface area contributed by atoms with Crippen molar-refractivity contribution in [3.05, 3.63) is 18.3 Å². The van der Waals surface area contributed by atoms with Gasteiger partial charge in [-0.3, -0.25) is 0 Å². The molecule has 0 aliphatic carbocycles. The average molecular weight is 313 g/mol. The van der Waals surface area contributed by atoms with Gasteiger partial charge in [-0.2, -0.15) is 0 Å². The Kier molecular flexibility index (Phi) is 7.11. The summed E-state index contributed by atoms with van der Waals surface area (Å²) in [6, 6.07) is 3.14. The molecule has 2 N–H and O–H groups in total. The molecule has 0 amide bonds. The summed E-state index contributed by atoms with van der Waals surface area (Å²) in [4.78, 5) is 4.31. The quantitative estimate of drug-likeness (QED) is 0.735. The number of nitrogens with zero attached hydrogens (tertiary/aromatic N) is 1. The predicted octanol–water partition coefficient (Wildman–Crippen LogP) is 3.01. The Morgan fingerprint density at radius 1 is 1.24 bits per heavy atom. The van der Waals surface area contributed by atoms with Crippen LogP contribution < -0.4 is 10.0 Å². The third-order valence-corrected chi connectivity index (χ3v) is 4.80. The van der Waals surface area contributed by atoms with Crippen LogP contribution >= 0.6 is 0 Å². The van der Waals surface area contributed by atoms with Gasteiger partial charge in [0.25, 0.3) is 0 Å². The molecule has 0 spiro atoms. The highest BCUT2D eigenvalue weighted by atomic mass is 32.2. The van der Waals surface area contributed by atoms with Gasteiger partial charge >= 0.3 is 0 Å². The predicted molar refractivity (Wildman–Crippen MR) is 86.9 cm³/mol. The molecule has 0 saturated heterocycles. The molecule has 21 heavy (non-hydrogen) atoms. The molecule has 1 rings (SSSR count). The zero-order chi connectivity index (χ0) is 15.9. The molecule has 0 radical (unpaired) electrons. The van der Waals surface area contributed by atoms with E-state index in [4.69, 9.17) is 0 Å². The molecule has 0 fully saturated rings. The Balaban J connectivity index is 2.73. The molecule has 0 aliphatic heterocycles. The van der Waals surface area contributed by atoms with E-state index in [1.807, 2.05) is 13.8 Å². The van der Waals surface area contributed by atoms with Crippen LogP contribution in [0.5, 0.6) is 0 Å². The van der Waals surface area contributed by atoms with Gasteiger partial charge in [0.05, 0.1) is 0 Å². The van der Waals surface area contributed by atoms with E-state index < -0.39 is 10.0 Å². The molecule has 1 aromatic rings. The van der Waals surface area contributed by atoms with Gasteiger partial charge in [-0.15, -0.1) is 0 Å². The Labute approximate surface area is 128 Å². The minimum absolute atomic E-state index is 0.0802. The van der Waals surface area contributed by atoms with Crippen molar-refractivity contribution in [2.45, 2.75) is 57.9 Å². The number of hydrogen-bond acceptors (Lipinski definition) is 4.